The van der Waals surface area contributed by atoms with E-state index in [9.17, 15) is 39.9 Å². The molecule has 5 N–H and O–H groups in total. The molecule has 5 aliphatic heterocycles. The number of aliphatic hydroxyl groups is 5. The summed E-state index contributed by atoms with van der Waals surface area (Å²) in [6.07, 6.45) is 11.0. The van der Waals surface area contributed by atoms with Crippen molar-refractivity contribution < 1.29 is 63.6 Å². The van der Waals surface area contributed by atoms with Crippen LogP contribution in [-0.4, -0.2) is 133 Å². The molecule has 0 unspecified atom stereocenters. The number of hydrogen-bond acceptors (Lipinski definition) is 15. The van der Waals surface area contributed by atoms with Crippen molar-refractivity contribution in [3.05, 3.63) is 67.4 Å². The molecule has 0 amide bonds. The summed E-state index contributed by atoms with van der Waals surface area (Å²) in [5.74, 6) is -2.95. The lowest BCUT2D eigenvalue weighted by atomic mass is 9.48. The van der Waals surface area contributed by atoms with Crippen LogP contribution in [0.2, 0.25) is 0 Å². The highest BCUT2D eigenvalue weighted by molar-refractivity contribution is 6.11. The summed E-state index contributed by atoms with van der Waals surface area (Å²) in [6.45, 7) is 4.12. The highest BCUT2D eigenvalue weighted by Gasteiger charge is 2.65. The van der Waals surface area contributed by atoms with Crippen LogP contribution in [0.25, 0.3) is 11.6 Å². The number of methoxy groups -OCH3 is 1. The lowest BCUT2D eigenvalue weighted by Gasteiger charge is -2.61. The fourth-order valence-corrected chi connectivity index (χ4v) is 14.8. The van der Waals surface area contributed by atoms with Crippen LogP contribution in [0.5, 0.6) is 17.2 Å². The summed E-state index contributed by atoms with van der Waals surface area (Å²) in [7, 11) is 1.72. The van der Waals surface area contributed by atoms with Crippen LogP contribution in [0.15, 0.2) is 34.0 Å². The lowest BCUT2D eigenvalue weighted by Crippen LogP contribution is -2.68. The number of likely N-dealkylation sites (tertiary alicyclic amines) is 1. The molecule has 8 atom stereocenters. The Hall–Kier alpha value is -4.48. The summed E-state index contributed by atoms with van der Waals surface area (Å²) in [5, 5.41) is 59.9. The largest absolute Gasteiger partial charge is 0.492 e. The van der Waals surface area contributed by atoms with E-state index in [1.165, 1.54) is 0 Å². The third-order valence-electron chi connectivity index (χ3n) is 17.9. The molecule has 0 aromatic heterocycles. The zero-order valence-corrected chi connectivity index (χ0v) is 41.4. The summed E-state index contributed by atoms with van der Waals surface area (Å²) in [5.41, 5.74) is 2.09. The Kier molecular flexibility index (Phi) is 14.7. The van der Waals surface area contributed by atoms with Crippen molar-refractivity contribution >= 4 is 29.7 Å². The van der Waals surface area contributed by atoms with E-state index < -0.39 is 48.6 Å². The number of rotatable bonds is 14. The second kappa shape index (κ2) is 20.8. The summed E-state index contributed by atoms with van der Waals surface area (Å²) >= 11 is 0. The fraction of sp³-hybridized carbons (Fsp3) is 0.643. The summed E-state index contributed by atoms with van der Waals surface area (Å²) in [6, 6.07) is 4.04. The average molecular weight is 981 g/mol. The number of benzene rings is 2. The number of ether oxygens (including phenoxy) is 5. The zero-order valence-electron chi connectivity index (χ0n) is 41.4. The zero-order chi connectivity index (χ0) is 49.6. The second-order valence-electron chi connectivity index (χ2n) is 21.6. The minimum Gasteiger partial charge on any atom is -0.492 e. The molecule has 4 fully saturated rings. The van der Waals surface area contributed by atoms with Crippen LogP contribution in [0.1, 0.15) is 118 Å². The number of piperidine rings is 1. The monoisotopic (exact) mass is 981 g/mol. The van der Waals surface area contributed by atoms with Crippen LogP contribution in [0, 0.1) is 35.0 Å². The van der Waals surface area contributed by atoms with Crippen molar-refractivity contribution in [2.24, 2.45) is 40.0 Å². The predicted octanol–water partition coefficient (Wildman–Crippen LogP) is 3.81. The van der Waals surface area contributed by atoms with E-state index >= 15 is 0 Å². The number of fused-ring (bicyclic) bond motifs is 8. The van der Waals surface area contributed by atoms with Gasteiger partial charge in [-0.2, -0.15) is 0 Å². The Morgan fingerprint density at radius 2 is 1.86 bits per heavy atom. The smallest absolute Gasteiger partial charge is 0.375 e. The molecular formula is C56H72N2O13. The molecule has 15 heteroatoms. The van der Waals surface area contributed by atoms with E-state index in [0.717, 1.165) is 86.3 Å². The van der Waals surface area contributed by atoms with Gasteiger partial charge in [0.25, 0.3) is 0 Å². The van der Waals surface area contributed by atoms with Gasteiger partial charge in [0.2, 0.25) is 5.76 Å². The molecule has 2 aromatic rings. The molecule has 2 bridgehead atoms. The normalized spacial score (nSPS) is 30.7. The number of esters is 1. The third-order valence-corrected chi connectivity index (χ3v) is 17.9. The maximum Gasteiger partial charge on any atom is 0.375 e. The number of ketones is 1. The van der Waals surface area contributed by atoms with Gasteiger partial charge in [0, 0.05) is 75.3 Å². The van der Waals surface area contributed by atoms with Gasteiger partial charge in [-0.1, -0.05) is 24.5 Å². The van der Waals surface area contributed by atoms with Gasteiger partial charge in [-0.05, 0) is 136 Å². The van der Waals surface area contributed by atoms with Crippen molar-refractivity contribution in [2.45, 2.75) is 121 Å². The van der Waals surface area contributed by atoms with Crippen LogP contribution in [-0.2, 0) is 43.3 Å². The molecule has 384 valence electrons. The maximum atomic E-state index is 14.6. The highest BCUT2D eigenvalue weighted by Crippen LogP contribution is 2.65. The Bertz CT molecular complexity index is 2600. The molecule has 0 radical (unpaired) electrons. The number of Topliss-reactive ketones (excluding diaryl/α,β-unsaturated/α-hetero) is 1. The quantitative estimate of drug-likeness (QED) is 0.104. The number of hydrogen-bond donors (Lipinski definition) is 5. The number of carbonyl (C=O) groups is 3. The van der Waals surface area contributed by atoms with E-state index in [4.69, 9.17) is 28.7 Å². The molecule has 1 spiro atoms. The van der Waals surface area contributed by atoms with Gasteiger partial charge >= 0.3 is 5.97 Å². The van der Waals surface area contributed by atoms with Gasteiger partial charge in [-0.15, -0.1) is 0 Å². The van der Waals surface area contributed by atoms with Crippen LogP contribution < -0.4 is 24.8 Å². The summed E-state index contributed by atoms with van der Waals surface area (Å²) in [4.78, 5) is 49.7. The Morgan fingerprint density at radius 1 is 1.03 bits per heavy atom. The number of allylic oxidation sites excluding steroid dienone is 3. The number of aliphatic hydroxyl groups excluding tert-OH is 4. The standard InChI is InChI=1S/C56H72N2O13/c1-3-68-54(65)53-41(29-62)47-35-20-36(28-61)49(64)39(22-35)38-21-34-11-15-57-44(34)23-33(38)10-9-32(27-60)31-69-51-40-24-46(70-50(40)42(30-63)52(71-53)48(47)51)56(66)43-12-17-58(16-7-19-67-2)26-37(43)25-55(13-4-5-14-55)45(56)8-6-18-59/h11,21,23,29,32,36-37,39,43,45-46,59-61,63,66H,3-10,12-20,22,24-28,30-31H2,1-2H3/b47-35-/t32-,36+,37-,39+,43+,45-,46-,56-/m0/s1. The van der Waals surface area contributed by atoms with Gasteiger partial charge in [0.15, 0.2) is 6.29 Å². The fourth-order valence-electron chi connectivity index (χ4n) is 14.8. The molecule has 3 saturated carbocycles. The highest BCUT2D eigenvalue weighted by atomic mass is 16.6. The van der Waals surface area contributed by atoms with E-state index in [0.29, 0.717) is 73.1 Å². The first-order valence-corrected chi connectivity index (χ1v) is 26.4. The number of aldehydes is 1. The molecule has 2 aromatic carbocycles. The SMILES string of the molecule is CCOC(=O)C1=C(C=O)/C2=C3\C[C@H](CO)C(=O)[C@H](C3)c3cc4c(cc3CC[C@@H](CO)COc3c5c(c(CO)c(c32)O1)O[C@H]([C@]1(O)[C@@H]2CCN(CCCOC)C[C@@H]2CC2(CCCC2)[C@@H]1CCCO)C5)=NCC=4. The Morgan fingerprint density at radius 3 is 2.59 bits per heavy atom. The minimum atomic E-state index is -1.37. The maximum absolute atomic E-state index is 14.6. The van der Waals surface area contributed by atoms with Crippen LogP contribution in [0.3, 0.4) is 0 Å². The lowest BCUT2D eigenvalue weighted by molar-refractivity contribution is -0.226. The van der Waals surface area contributed by atoms with E-state index in [2.05, 4.69) is 4.90 Å². The molecule has 15 nitrogen and oxygen atoms in total. The molecule has 5 heterocycles. The van der Waals surface area contributed by atoms with Crippen molar-refractivity contribution in [2.75, 3.05) is 72.9 Å². The average Bonchev–Trinajstić information content (AvgIpc) is 4.16. The van der Waals surface area contributed by atoms with Crippen LogP contribution >= 0.6 is 0 Å². The minimum absolute atomic E-state index is 0.00437. The van der Waals surface area contributed by atoms with Gasteiger partial charge in [-0.3, -0.25) is 14.6 Å². The third kappa shape index (κ3) is 8.68. The predicted molar refractivity (Wildman–Crippen MR) is 261 cm³/mol. The van der Waals surface area contributed by atoms with E-state index in [1.807, 2.05) is 18.2 Å². The Balaban J connectivity index is 1.18. The first-order chi connectivity index (χ1) is 34.6. The topological polar surface area (TPSA) is 214 Å². The van der Waals surface area contributed by atoms with E-state index in [-0.39, 0.29) is 103 Å². The molecular weight excluding hydrogens is 909 g/mol. The number of aryl methyl sites for hydroxylation is 1. The first-order valence-electron chi connectivity index (χ1n) is 26.4. The second-order valence-corrected chi connectivity index (χ2v) is 21.6. The molecule has 71 heavy (non-hydrogen) atoms. The van der Waals surface area contributed by atoms with Gasteiger partial charge in [0.05, 0.1) is 55.0 Å². The van der Waals surface area contributed by atoms with Crippen molar-refractivity contribution in [3.8, 4) is 17.2 Å². The molecule has 10 rings (SSSR count). The van der Waals surface area contributed by atoms with Crippen molar-refractivity contribution in [3.63, 3.8) is 0 Å². The van der Waals surface area contributed by atoms with Crippen LogP contribution in [0.4, 0.5) is 0 Å². The van der Waals surface area contributed by atoms with Crippen molar-refractivity contribution in [1.29, 1.82) is 0 Å². The number of nitrogens with zero attached hydrogens (tertiary/aromatic N) is 2. The molecule has 3 aliphatic carbocycles. The summed E-state index contributed by atoms with van der Waals surface area (Å²) < 4.78 is 31.8. The Labute approximate surface area is 415 Å². The first kappa shape index (κ1) is 50.1. The van der Waals surface area contributed by atoms with Crippen molar-refractivity contribution in [1.82, 2.24) is 4.90 Å². The van der Waals surface area contributed by atoms with Gasteiger partial charge < -0.3 is 54.1 Å². The molecule has 8 aliphatic rings. The van der Waals surface area contributed by atoms with Gasteiger partial charge in [-0.25, -0.2) is 4.79 Å². The van der Waals surface area contributed by atoms with E-state index in [1.54, 1.807) is 14.0 Å². The van der Waals surface area contributed by atoms with Gasteiger partial charge in [0.1, 0.15) is 34.7 Å². The molecule has 1 saturated heterocycles. The number of carbonyl (C=O) groups excluding carboxylic acids is 3.